The smallest absolute Gasteiger partial charge is 0.295 e. The van der Waals surface area contributed by atoms with Crippen molar-refractivity contribution >= 4 is 33.2 Å². The maximum absolute atomic E-state index is 13.6. The fourth-order valence-electron chi connectivity index (χ4n) is 4.51. The number of aromatic hydroxyl groups is 1. The molecule has 10 nitrogen and oxygen atoms in total. The number of piperazine rings is 1. The van der Waals surface area contributed by atoms with Gasteiger partial charge in [-0.2, -0.15) is 8.42 Å². The lowest BCUT2D eigenvalue weighted by molar-refractivity contribution is -0.130. The van der Waals surface area contributed by atoms with Crippen LogP contribution in [-0.2, 0) is 14.8 Å². The number of anilines is 2. The summed E-state index contributed by atoms with van der Waals surface area (Å²) in [4.78, 5) is 35.0. The molecule has 0 aromatic heterocycles. The summed E-state index contributed by atoms with van der Waals surface area (Å²) in [6.07, 6.45) is 0. The number of hydrogen-bond acceptors (Lipinski definition) is 7. The third-order valence-electron chi connectivity index (χ3n) is 6.76. The zero-order chi connectivity index (χ0) is 29.5. The Morgan fingerprint density at radius 3 is 2.10 bits per heavy atom. The highest BCUT2D eigenvalue weighted by molar-refractivity contribution is 7.92. The fraction of sp³-hybridized carbons (Fsp3) is 0.161. The molecule has 2 N–H and O–H groups in total. The lowest BCUT2D eigenvalue weighted by atomic mass is 10.2. The van der Waals surface area contributed by atoms with Crippen molar-refractivity contribution < 1.29 is 28.0 Å². The van der Waals surface area contributed by atoms with E-state index in [0.29, 0.717) is 37.6 Å². The van der Waals surface area contributed by atoms with E-state index in [1.165, 1.54) is 24.3 Å². The lowest BCUT2D eigenvalue weighted by Gasteiger charge is -2.36. The number of para-hydroxylation sites is 2. The van der Waals surface area contributed by atoms with Crippen molar-refractivity contribution in [3.05, 3.63) is 115 Å². The molecule has 1 aliphatic rings. The molecule has 216 valence electrons. The molecule has 5 rings (SSSR count). The first kappa shape index (κ1) is 28.5. The third kappa shape index (κ3) is 6.64. The summed E-state index contributed by atoms with van der Waals surface area (Å²) in [5.41, 5.74) is 1.41. The summed E-state index contributed by atoms with van der Waals surface area (Å²) in [6.45, 7) is 2.00. The van der Waals surface area contributed by atoms with Gasteiger partial charge >= 0.3 is 0 Å². The Hall–Kier alpha value is -5.03. The van der Waals surface area contributed by atoms with Gasteiger partial charge in [-0.25, -0.2) is 0 Å². The topological polar surface area (TPSA) is 119 Å². The second-order valence-electron chi connectivity index (χ2n) is 9.57. The van der Waals surface area contributed by atoms with Gasteiger partial charge < -0.3 is 25.1 Å². The second-order valence-corrected chi connectivity index (χ2v) is 11.3. The number of nitrogens with one attached hydrogen (secondary N) is 1. The predicted octanol–water partition coefficient (Wildman–Crippen LogP) is 3.66. The number of phenolic OH excluding ortho intramolecular Hbond substituents is 1. The molecular weight excluding hydrogens is 556 g/mol. The minimum atomic E-state index is -4.16. The molecule has 0 radical (unpaired) electrons. The summed E-state index contributed by atoms with van der Waals surface area (Å²) in [5, 5.41) is 12.3. The van der Waals surface area contributed by atoms with Crippen molar-refractivity contribution in [2.24, 2.45) is 0 Å². The van der Waals surface area contributed by atoms with Crippen LogP contribution in [0.5, 0.6) is 11.5 Å². The quantitative estimate of drug-likeness (QED) is 0.287. The van der Waals surface area contributed by atoms with Crippen molar-refractivity contribution in [1.82, 2.24) is 10.2 Å². The first-order valence-electron chi connectivity index (χ1n) is 13.3. The Kier molecular flexibility index (Phi) is 8.58. The van der Waals surface area contributed by atoms with E-state index in [-0.39, 0.29) is 28.7 Å². The van der Waals surface area contributed by atoms with Gasteiger partial charge in [-0.1, -0.05) is 46.9 Å². The largest absolute Gasteiger partial charge is 0.508 e. The van der Waals surface area contributed by atoms with Crippen molar-refractivity contribution in [3.63, 3.8) is 0 Å². The molecule has 4 aromatic rings. The molecule has 1 fully saturated rings. The number of carbonyl (C=O) groups is 2. The molecule has 0 bridgehead atoms. The van der Waals surface area contributed by atoms with Gasteiger partial charge in [0.2, 0.25) is 5.91 Å². The Balaban J connectivity index is 1.20. The fourth-order valence-corrected chi connectivity index (χ4v) is 5.77. The molecule has 1 saturated heterocycles. The summed E-state index contributed by atoms with van der Waals surface area (Å²) < 4.78 is 28.0. The third-order valence-corrected chi connectivity index (χ3v) is 8.35. The minimum absolute atomic E-state index is 0.0699. The van der Waals surface area contributed by atoms with Gasteiger partial charge in [0.1, 0.15) is 5.75 Å². The van der Waals surface area contributed by atoms with E-state index in [2.05, 4.69) is 10.2 Å². The minimum Gasteiger partial charge on any atom is -0.508 e. The number of benzene rings is 4. The molecular formula is C31H30N4O6S. The van der Waals surface area contributed by atoms with Crippen LogP contribution in [0.4, 0.5) is 11.4 Å². The van der Waals surface area contributed by atoms with Gasteiger partial charge in [0.15, 0.2) is 5.75 Å². The van der Waals surface area contributed by atoms with Crippen LogP contribution in [-0.4, -0.2) is 63.0 Å². The summed E-state index contributed by atoms with van der Waals surface area (Å²) >= 11 is 0. The van der Waals surface area contributed by atoms with Crippen molar-refractivity contribution in [1.29, 1.82) is 0 Å². The number of phenols is 1. The molecule has 0 unspecified atom stereocenters. The van der Waals surface area contributed by atoms with Gasteiger partial charge in [0, 0.05) is 43.5 Å². The number of nitrogens with zero attached hydrogens (tertiary/aromatic N) is 3. The zero-order valence-electron chi connectivity index (χ0n) is 22.7. The lowest BCUT2D eigenvalue weighted by Crippen LogP contribution is -2.51. The Morgan fingerprint density at radius 1 is 0.810 bits per heavy atom. The van der Waals surface area contributed by atoms with Crippen LogP contribution in [0.1, 0.15) is 10.4 Å². The van der Waals surface area contributed by atoms with Gasteiger partial charge in [-0.15, -0.1) is 0 Å². The summed E-state index contributed by atoms with van der Waals surface area (Å²) in [6, 6.07) is 29.4. The van der Waals surface area contributed by atoms with Crippen molar-refractivity contribution in [3.8, 4) is 11.5 Å². The van der Waals surface area contributed by atoms with Crippen molar-refractivity contribution in [2.45, 2.75) is 4.90 Å². The summed E-state index contributed by atoms with van der Waals surface area (Å²) in [7, 11) is -4.16. The van der Waals surface area contributed by atoms with Gasteiger partial charge in [-0.3, -0.25) is 9.59 Å². The Bertz CT molecular complexity index is 1630. The number of rotatable bonds is 9. The Labute approximate surface area is 244 Å². The monoisotopic (exact) mass is 586 g/mol. The SMILES string of the molecule is O=C(NCC(=O)N1CCN(c2cccc(O)c2)CC1)c1ccc(S(=O)(=O)N(Oc2ccccc2)c2ccccc2)cc1. The van der Waals surface area contributed by atoms with E-state index in [9.17, 15) is 23.1 Å². The molecule has 1 aliphatic heterocycles. The van der Waals surface area contributed by atoms with E-state index in [1.54, 1.807) is 83.8 Å². The number of sulfonamides is 1. The standard InChI is InChI=1S/C31H30N4O6S/c36-27-11-7-10-26(22-27)33-18-20-34(21-19-33)30(37)23-32-31(38)24-14-16-29(17-15-24)42(39,40)35(25-8-3-1-4-9-25)41-28-12-5-2-6-13-28/h1-17,22,36H,18-21,23H2,(H,32,38). The molecule has 11 heteroatoms. The number of amides is 2. The van der Waals surface area contributed by atoms with Crippen LogP contribution < -0.4 is 19.5 Å². The van der Waals surface area contributed by atoms with E-state index in [1.807, 2.05) is 6.07 Å². The number of carbonyl (C=O) groups excluding carboxylic acids is 2. The molecule has 42 heavy (non-hydrogen) atoms. The Morgan fingerprint density at radius 2 is 1.45 bits per heavy atom. The van der Waals surface area contributed by atoms with Crippen LogP contribution in [0.3, 0.4) is 0 Å². The molecule has 0 atom stereocenters. The maximum Gasteiger partial charge on any atom is 0.295 e. The first-order chi connectivity index (χ1) is 20.3. The van der Waals surface area contributed by atoms with Crippen LogP contribution in [0, 0.1) is 0 Å². The van der Waals surface area contributed by atoms with Gasteiger partial charge in [-0.05, 0) is 60.7 Å². The highest BCUT2D eigenvalue weighted by Crippen LogP contribution is 2.26. The van der Waals surface area contributed by atoms with E-state index in [4.69, 9.17) is 4.84 Å². The van der Waals surface area contributed by atoms with Crippen LogP contribution in [0.2, 0.25) is 0 Å². The van der Waals surface area contributed by atoms with E-state index < -0.39 is 15.9 Å². The molecule has 0 saturated carbocycles. The van der Waals surface area contributed by atoms with Crippen molar-refractivity contribution in [2.75, 3.05) is 42.1 Å². The number of hydrogen-bond donors (Lipinski definition) is 2. The van der Waals surface area contributed by atoms with Crippen LogP contribution >= 0.6 is 0 Å². The van der Waals surface area contributed by atoms with E-state index >= 15 is 0 Å². The molecule has 2 amide bonds. The normalized spacial score (nSPS) is 13.3. The second kappa shape index (κ2) is 12.6. The molecule has 1 heterocycles. The highest BCUT2D eigenvalue weighted by atomic mass is 32.2. The summed E-state index contributed by atoms with van der Waals surface area (Å²) in [5.74, 6) is -0.180. The van der Waals surface area contributed by atoms with E-state index in [0.717, 1.165) is 10.2 Å². The molecule has 4 aromatic carbocycles. The average molecular weight is 587 g/mol. The van der Waals surface area contributed by atoms with Crippen LogP contribution in [0.25, 0.3) is 0 Å². The highest BCUT2D eigenvalue weighted by Gasteiger charge is 2.28. The first-order valence-corrected chi connectivity index (χ1v) is 14.8. The maximum atomic E-state index is 13.6. The molecule has 0 spiro atoms. The predicted molar refractivity (Wildman–Crippen MR) is 159 cm³/mol. The van der Waals surface area contributed by atoms with Gasteiger partial charge in [0.25, 0.3) is 15.9 Å². The van der Waals surface area contributed by atoms with Gasteiger partial charge in [0.05, 0.1) is 17.1 Å². The molecule has 0 aliphatic carbocycles. The zero-order valence-corrected chi connectivity index (χ0v) is 23.5. The van der Waals surface area contributed by atoms with Crippen LogP contribution in [0.15, 0.2) is 114 Å². The average Bonchev–Trinajstić information content (AvgIpc) is 3.03.